The molecule has 0 heterocycles. The van der Waals surface area contributed by atoms with E-state index in [-0.39, 0.29) is 24.0 Å². The van der Waals surface area contributed by atoms with Gasteiger partial charge in [-0.15, -0.1) is 24.0 Å². The first kappa shape index (κ1) is 14.6. The van der Waals surface area contributed by atoms with Crippen LogP contribution in [0.2, 0.25) is 0 Å². The van der Waals surface area contributed by atoms with E-state index in [2.05, 4.69) is 5.32 Å². The van der Waals surface area contributed by atoms with Crippen LogP contribution in [0.15, 0.2) is 18.2 Å². The van der Waals surface area contributed by atoms with Crippen LogP contribution in [0.4, 0.5) is 5.69 Å². The number of rotatable bonds is 2. The molecule has 1 rings (SSSR count). The van der Waals surface area contributed by atoms with Gasteiger partial charge < -0.3 is 10.1 Å². The van der Waals surface area contributed by atoms with Crippen LogP contribution >= 0.6 is 35.7 Å². The zero-order valence-electron chi connectivity index (χ0n) is 8.96. The lowest BCUT2D eigenvalue weighted by Crippen LogP contribution is -2.06. The number of nitrogens with one attached hydrogen (secondary N) is 2. The number of benzene rings is 1. The summed E-state index contributed by atoms with van der Waals surface area (Å²) < 4.78 is 5.09. The fourth-order valence-corrected chi connectivity index (χ4v) is 1.29. The molecule has 1 aromatic rings. The fraction of sp³-hybridized carbons (Fsp3) is 0.300. The molecule has 0 atom stereocenters. The molecule has 0 saturated heterocycles. The number of thioether (sulfide) groups is 1. The highest BCUT2D eigenvalue weighted by Gasteiger charge is 2.01. The molecule has 84 valence electrons. The Morgan fingerprint density at radius 3 is 2.60 bits per heavy atom. The van der Waals surface area contributed by atoms with E-state index in [0.717, 1.165) is 17.0 Å². The first-order chi connectivity index (χ1) is 6.67. The zero-order valence-corrected chi connectivity index (χ0v) is 12.1. The number of hydrogen-bond acceptors (Lipinski definition) is 3. The van der Waals surface area contributed by atoms with Gasteiger partial charge in [-0.05, 0) is 36.9 Å². The summed E-state index contributed by atoms with van der Waals surface area (Å²) in [5.74, 6) is 0.837. The van der Waals surface area contributed by atoms with Gasteiger partial charge >= 0.3 is 0 Å². The molecule has 0 fully saturated rings. The van der Waals surface area contributed by atoms with Crippen molar-refractivity contribution in [2.75, 3.05) is 18.7 Å². The van der Waals surface area contributed by atoms with Gasteiger partial charge in [0.05, 0.1) is 7.11 Å². The number of halogens is 1. The van der Waals surface area contributed by atoms with Crippen molar-refractivity contribution in [3.63, 3.8) is 0 Å². The summed E-state index contributed by atoms with van der Waals surface area (Å²) in [6.07, 6.45) is 1.87. The van der Waals surface area contributed by atoms with Gasteiger partial charge in [0.1, 0.15) is 5.75 Å². The minimum absolute atomic E-state index is 0. The Morgan fingerprint density at radius 2 is 2.13 bits per heavy atom. The van der Waals surface area contributed by atoms with Gasteiger partial charge in [0, 0.05) is 5.69 Å². The maximum absolute atomic E-state index is 7.49. The van der Waals surface area contributed by atoms with Crippen molar-refractivity contribution in [1.29, 1.82) is 5.41 Å². The number of hydrogen-bond donors (Lipinski definition) is 2. The predicted octanol–water partition coefficient (Wildman–Crippen LogP) is 3.33. The first-order valence-corrected chi connectivity index (χ1v) is 5.44. The van der Waals surface area contributed by atoms with Crippen LogP contribution in [0.5, 0.6) is 5.75 Å². The van der Waals surface area contributed by atoms with E-state index in [1.807, 2.05) is 31.4 Å². The van der Waals surface area contributed by atoms with Gasteiger partial charge in [-0.2, -0.15) is 0 Å². The third-order valence-corrected chi connectivity index (χ3v) is 2.40. The molecular formula is C10H15IN2OS. The lowest BCUT2D eigenvalue weighted by molar-refractivity contribution is 0.414. The molecule has 2 N–H and O–H groups in total. The van der Waals surface area contributed by atoms with Crippen LogP contribution in [0, 0.1) is 12.3 Å². The van der Waals surface area contributed by atoms with E-state index in [1.165, 1.54) is 11.8 Å². The smallest absolute Gasteiger partial charge is 0.157 e. The van der Waals surface area contributed by atoms with Crippen LogP contribution in [0.25, 0.3) is 0 Å². The van der Waals surface area contributed by atoms with E-state index >= 15 is 0 Å². The second-order valence-corrected chi connectivity index (χ2v) is 3.66. The Labute approximate surface area is 112 Å². The van der Waals surface area contributed by atoms with Gasteiger partial charge in [0.25, 0.3) is 0 Å². The van der Waals surface area contributed by atoms with Crippen LogP contribution in [-0.2, 0) is 0 Å². The van der Waals surface area contributed by atoms with Crippen LogP contribution in [0.3, 0.4) is 0 Å². The van der Waals surface area contributed by atoms with Gasteiger partial charge in [-0.25, -0.2) is 0 Å². The molecule has 3 nitrogen and oxygen atoms in total. The van der Waals surface area contributed by atoms with Crippen molar-refractivity contribution in [3.05, 3.63) is 23.8 Å². The van der Waals surface area contributed by atoms with Crippen LogP contribution < -0.4 is 10.1 Å². The third-order valence-electron chi connectivity index (χ3n) is 1.89. The molecular weight excluding hydrogens is 323 g/mol. The Bertz CT molecular complexity index is 344. The molecule has 0 aliphatic carbocycles. The highest BCUT2D eigenvalue weighted by Crippen LogP contribution is 2.21. The van der Waals surface area contributed by atoms with Crippen molar-refractivity contribution in [2.45, 2.75) is 6.92 Å². The second-order valence-electron chi connectivity index (χ2n) is 2.84. The SMILES string of the molecule is COc1ccc(NC(=N)SC)c(C)c1.I. The molecule has 0 aliphatic rings. The summed E-state index contributed by atoms with van der Waals surface area (Å²) in [5, 5.41) is 10.9. The molecule has 0 amide bonds. The molecule has 0 aliphatic heterocycles. The Balaban J connectivity index is 0.00000196. The highest BCUT2D eigenvalue weighted by atomic mass is 127. The average molecular weight is 338 g/mol. The normalized spacial score (nSPS) is 9.00. The summed E-state index contributed by atoms with van der Waals surface area (Å²) >= 11 is 1.38. The minimum Gasteiger partial charge on any atom is -0.497 e. The fourth-order valence-electron chi connectivity index (χ4n) is 1.08. The number of aryl methyl sites for hydroxylation is 1. The summed E-state index contributed by atoms with van der Waals surface area (Å²) in [7, 11) is 1.64. The minimum atomic E-state index is 0. The van der Waals surface area contributed by atoms with E-state index in [1.54, 1.807) is 7.11 Å². The second kappa shape index (κ2) is 6.95. The molecule has 0 aromatic heterocycles. The number of ether oxygens (including phenoxy) is 1. The monoisotopic (exact) mass is 338 g/mol. The van der Waals surface area contributed by atoms with Crippen molar-refractivity contribution in [3.8, 4) is 5.75 Å². The van der Waals surface area contributed by atoms with Crippen molar-refractivity contribution in [2.24, 2.45) is 0 Å². The lowest BCUT2D eigenvalue weighted by Gasteiger charge is -2.09. The predicted molar refractivity (Wildman–Crippen MR) is 78.0 cm³/mol. The highest BCUT2D eigenvalue weighted by molar-refractivity contribution is 14.0. The number of methoxy groups -OCH3 is 1. The molecule has 0 unspecified atom stereocenters. The summed E-state index contributed by atoms with van der Waals surface area (Å²) in [6, 6.07) is 5.73. The van der Waals surface area contributed by atoms with Gasteiger partial charge in [0.15, 0.2) is 5.17 Å². The van der Waals surface area contributed by atoms with Crippen LogP contribution in [-0.4, -0.2) is 18.5 Å². The van der Waals surface area contributed by atoms with E-state index in [4.69, 9.17) is 10.1 Å². The summed E-state index contributed by atoms with van der Waals surface area (Å²) in [4.78, 5) is 0. The zero-order chi connectivity index (χ0) is 10.6. The van der Waals surface area contributed by atoms with Crippen molar-refractivity contribution < 1.29 is 4.74 Å². The van der Waals surface area contributed by atoms with Crippen molar-refractivity contribution in [1.82, 2.24) is 0 Å². The molecule has 0 saturated carbocycles. The van der Waals surface area contributed by atoms with Crippen molar-refractivity contribution >= 4 is 46.6 Å². The van der Waals surface area contributed by atoms with E-state index in [9.17, 15) is 0 Å². The van der Waals surface area contributed by atoms with Gasteiger partial charge in [0.2, 0.25) is 0 Å². The average Bonchev–Trinajstić information content (AvgIpc) is 2.20. The third kappa shape index (κ3) is 4.29. The Morgan fingerprint density at radius 1 is 1.47 bits per heavy atom. The maximum atomic E-state index is 7.49. The largest absolute Gasteiger partial charge is 0.497 e. The Hall–Kier alpha value is -0.430. The molecule has 15 heavy (non-hydrogen) atoms. The lowest BCUT2D eigenvalue weighted by atomic mass is 10.2. The molecule has 0 spiro atoms. The molecule has 1 aromatic carbocycles. The van der Waals surface area contributed by atoms with Crippen LogP contribution in [0.1, 0.15) is 5.56 Å². The van der Waals surface area contributed by atoms with E-state index < -0.39 is 0 Å². The first-order valence-electron chi connectivity index (χ1n) is 4.21. The van der Waals surface area contributed by atoms with E-state index in [0.29, 0.717) is 5.17 Å². The molecule has 0 radical (unpaired) electrons. The number of anilines is 1. The number of amidine groups is 1. The standard InChI is InChI=1S/C10H14N2OS.HI/c1-7-6-8(13-2)4-5-9(7)12-10(11)14-3;/h4-6H,1-3H3,(H2,11,12);1H. The van der Waals surface area contributed by atoms with Gasteiger partial charge in [-0.1, -0.05) is 11.8 Å². The maximum Gasteiger partial charge on any atom is 0.157 e. The molecule has 0 bridgehead atoms. The molecule has 5 heteroatoms. The topological polar surface area (TPSA) is 45.1 Å². The summed E-state index contributed by atoms with van der Waals surface area (Å²) in [5.41, 5.74) is 2.02. The summed E-state index contributed by atoms with van der Waals surface area (Å²) in [6.45, 7) is 1.98. The van der Waals surface area contributed by atoms with Gasteiger partial charge in [-0.3, -0.25) is 5.41 Å². The quantitative estimate of drug-likeness (QED) is 0.494. The Kier molecular flexibility index (Phi) is 6.75.